The van der Waals surface area contributed by atoms with Crippen LogP contribution in [-0.4, -0.2) is 24.1 Å². The Bertz CT molecular complexity index is 525. The van der Waals surface area contributed by atoms with E-state index in [0.29, 0.717) is 19.3 Å². The third kappa shape index (κ3) is 2.25. The van der Waals surface area contributed by atoms with Crippen molar-refractivity contribution in [2.24, 2.45) is 5.41 Å². The number of nitrogens with one attached hydrogen (secondary N) is 1. The first kappa shape index (κ1) is 13.3. The van der Waals surface area contributed by atoms with Crippen molar-refractivity contribution in [2.75, 3.05) is 12.4 Å². The molecule has 1 amide bonds. The van der Waals surface area contributed by atoms with E-state index < -0.39 is 23.1 Å². The van der Waals surface area contributed by atoms with Gasteiger partial charge in [0, 0.05) is 11.8 Å². The van der Waals surface area contributed by atoms with Gasteiger partial charge in [-0.15, -0.1) is 0 Å². The zero-order chi connectivity index (χ0) is 14.0. The molecule has 102 valence electrons. The topological polar surface area (TPSA) is 75.6 Å². The molecule has 0 bridgehead atoms. The van der Waals surface area contributed by atoms with Crippen molar-refractivity contribution in [1.29, 1.82) is 0 Å². The number of carbonyl (C=O) groups excluding carboxylic acids is 1. The van der Waals surface area contributed by atoms with Gasteiger partial charge in [-0.1, -0.05) is 6.42 Å². The zero-order valence-corrected chi connectivity index (χ0v) is 10.4. The third-order valence-electron chi connectivity index (χ3n) is 3.46. The highest BCUT2D eigenvalue weighted by Crippen LogP contribution is 2.42. The number of methoxy groups -OCH3 is 1. The van der Waals surface area contributed by atoms with Crippen molar-refractivity contribution in [3.8, 4) is 5.75 Å². The van der Waals surface area contributed by atoms with Gasteiger partial charge in [0.25, 0.3) is 0 Å². The van der Waals surface area contributed by atoms with E-state index in [4.69, 9.17) is 9.84 Å². The highest BCUT2D eigenvalue weighted by Gasteiger charge is 2.51. The standard InChI is InChI=1S/C13H14FNO4/c1-19-10-4-3-8(7-9(10)14)15-11(16)13(12(17)18)5-2-6-13/h3-4,7H,2,5-6H2,1H3,(H,15,16)(H,17,18). The molecule has 0 atom stereocenters. The maximum atomic E-state index is 13.5. The molecule has 0 spiro atoms. The SMILES string of the molecule is COc1ccc(NC(=O)C2(C(=O)O)CCC2)cc1F. The first-order valence-corrected chi connectivity index (χ1v) is 5.88. The Morgan fingerprint density at radius 2 is 2.11 bits per heavy atom. The number of rotatable bonds is 4. The van der Waals surface area contributed by atoms with Gasteiger partial charge in [-0.25, -0.2) is 4.39 Å². The van der Waals surface area contributed by atoms with Crippen molar-refractivity contribution < 1.29 is 23.8 Å². The molecular weight excluding hydrogens is 253 g/mol. The van der Waals surface area contributed by atoms with Gasteiger partial charge in [-0.3, -0.25) is 9.59 Å². The summed E-state index contributed by atoms with van der Waals surface area (Å²) in [5.41, 5.74) is -1.15. The molecule has 0 saturated heterocycles. The van der Waals surface area contributed by atoms with E-state index >= 15 is 0 Å². The van der Waals surface area contributed by atoms with Gasteiger partial charge < -0.3 is 15.2 Å². The highest BCUT2D eigenvalue weighted by molar-refractivity contribution is 6.09. The average Bonchev–Trinajstić information content (AvgIpc) is 2.26. The van der Waals surface area contributed by atoms with E-state index in [9.17, 15) is 14.0 Å². The normalized spacial score (nSPS) is 16.3. The minimum absolute atomic E-state index is 0.0644. The van der Waals surface area contributed by atoms with Crippen LogP contribution in [0.15, 0.2) is 18.2 Å². The molecule has 6 heteroatoms. The minimum Gasteiger partial charge on any atom is -0.494 e. The largest absolute Gasteiger partial charge is 0.494 e. The first-order chi connectivity index (χ1) is 8.99. The second-order valence-electron chi connectivity index (χ2n) is 4.54. The molecule has 5 nitrogen and oxygen atoms in total. The Kier molecular flexibility index (Phi) is 3.42. The van der Waals surface area contributed by atoms with Gasteiger partial charge in [0.2, 0.25) is 5.91 Å². The molecule has 1 saturated carbocycles. The number of carboxylic acids is 1. The number of anilines is 1. The number of carbonyl (C=O) groups is 2. The quantitative estimate of drug-likeness (QED) is 0.818. The molecule has 1 fully saturated rings. The molecule has 1 aromatic rings. The molecule has 19 heavy (non-hydrogen) atoms. The molecule has 0 radical (unpaired) electrons. The van der Waals surface area contributed by atoms with Gasteiger partial charge in [0.1, 0.15) is 5.41 Å². The molecule has 0 heterocycles. The Labute approximate surface area is 109 Å². The van der Waals surface area contributed by atoms with E-state index in [0.717, 1.165) is 6.07 Å². The molecule has 2 rings (SSSR count). The van der Waals surface area contributed by atoms with Crippen molar-refractivity contribution >= 4 is 17.6 Å². The number of amides is 1. The van der Waals surface area contributed by atoms with Crippen LogP contribution in [0.2, 0.25) is 0 Å². The lowest BCUT2D eigenvalue weighted by Gasteiger charge is -2.35. The number of carboxylic acid groups (broad SMARTS) is 1. The number of benzene rings is 1. The summed E-state index contributed by atoms with van der Waals surface area (Å²) in [5.74, 6) is -2.28. The Morgan fingerprint density at radius 3 is 2.53 bits per heavy atom. The molecule has 0 unspecified atom stereocenters. The number of ether oxygens (including phenoxy) is 1. The van der Waals surface area contributed by atoms with Crippen LogP contribution in [0.1, 0.15) is 19.3 Å². The maximum absolute atomic E-state index is 13.5. The minimum atomic E-state index is -1.36. The Hall–Kier alpha value is -2.11. The van der Waals surface area contributed by atoms with E-state index in [-0.39, 0.29) is 11.4 Å². The summed E-state index contributed by atoms with van der Waals surface area (Å²) >= 11 is 0. The highest BCUT2D eigenvalue weighted by atomic mass is 19.1. The van der Waals surface area contributed by atoms with E-state index in [2.05, 4.69) is 5.32 Å². The molecule has 0 aromatic heterocycles. The lowest BCUT2D eigenvalue weighted by atomic mass is 9.68. The molecule has 2 N–H and O–H groups in total. The molecule has 1 aliphatic carbocycles. The third-order valence-corrected chi connectivity index (χ3v) is 3.46. The van der Waals surface area contributed by atoms with Crippen LogP contribution in [0.25, 0.3) is 0 Å². The van der Waals surface area contributed by atoms with Crippen LogP contribution in [0.5, 0.6) is 5.75 Å². The summed E-state index contributed by atoms with van der Waals surface area (Å²) in [6, 6.07) is 3.94. The number of hydrogen-bond acceptors (Lipinski definition) is 3. The second kappa shape index (κ2) is 4.87. The summed E-state index contributed by atoms with van der Waals surface area (Å²) < 4.78 is 18.2. The predicted octanol–water partition coefficient (Wildman–Crippen LogP) is 2.03. The summed E-state index contributed by atoms with van der Waals surface area (Å²) in [7, 11) is 1.34. The zero-order valence-electron chi connectivity index (χ0n) is 10.4. The fourth-order valence-corrected chi connectivity index (χ4v) is 2.06. The summed E-state index contributed by atoms with van der Waals surface area (Å²) in [5, 5.41) is 11.6. The smallest absolute Gasteiger partial charge is 0.319 e. The van der Waals surface area contributed by atoms with Gasteiger partial charge in [-0.05, 0) is 25.0 Å². The van der Waals surface area contributed by atoms with Crippen LogP contribution in [0.3, 0.4) is 0 Å². The monoisotopic (exact) mass is 267 g/mol. The molecular formula is C13H14FNO4. The van der Waals surface area contributed by atoms with Crippen LogP contribution < -0.4 is 10.1 Å². The van der Waals surface area contributed by atoms with Crippen molar-refractivity contribution in [1.82, 2.24) is 0 Å². The summed E-state index contributed by atoms with van der Waals surface area (Å²) in [6.45, 7) is 0. The second-order valence-corrected chi connectivity index (χ2v) is 4.54. The van der Waals surface area contributed by atoms with Gasteiger partial charge in [0.15, 0.2) is 11.6 Å². The Balaban J connectivity index is 2.15. The Morgan fingerprint density at radius 1 is 1.42 bits per heavy atom. The lowest BCUT2D eigenvalue weighted by molar-refractivity contribution is -0.159. The van der Waals surface area contributed by atoms with E-state index in [1.54, 1.807) is 0 Å². The summed E-state index contributed by atoms with van der Waals surface area (Å²) in [4.78, 5) is 23.1. The van der Waals surface area contributed by atoms with Crippen LogP contribution >= 0.6 is 0 Å². The van der Waals surface area contributed by atoms with E-state index in [1.807, 2.05) is 0 Å². The average molecular weight is 267 g/mol. The fourth-order valence-electron chi connectivity index (χ4n) is 2.06. The van der Waals surface area contributed by atoms with Crippen LogP contribution in [-0.2, 0) is 9.59 Å². The van der Waals surface area contributed by atoms with Gasteiger partial charge in [-0.2, -0.15) is 0 Å². The summed E-state index contributed by atoms with van der Waals surface area (Å²) in [6.07, 6.45) is 1.33. The first-order valence-electron chi connectivity index (χ1n) is 5.88. The number of hydrogen-bond donors (Lipinski definition) is 2. The lowest BCUT2D eigenvalue weighted by Crippen LogP contribution is -2.48. The fraction of sp³-hybridized carbons (Fsp3) is 0.385. The van der Waals surface area contributed by atoms with Crippen molar-refractivity contribution in [3.63, 3.8) is 0 Å². The van der Waals surface area contributed by atoms with Crippen LogP contribution in [0.4, 0.5) is 10.1 Å². The van der Waals surface area contributed by atoms with Gasteiger partial charge >= 0.3 is 5.97 Å². The molecule has 1 aromatic carbocycles. The molecule has 0 aliphatic heterocycles. The van der Waals surface area contributed by atoms with Crippen molar-refractivity contribution in [3.05, 3.63) is 24.0 Å². The number of halogens is 1. The predicted molar refractivity (Wildman–Crippen MR) is 65.5 cm³/mol. The van der Waals surface area contributed by atoms with Crippen molar-refractivity contribution in [2.45, 2.75) is 19.3 Å². The van der Waals surface area contributed by atoms with E-state index in [1.165, 1.54) is 19.2 Å². The van der Waals surface area contributed by atoms with Crippen LogP contribution in [0, 0.1) is 11.2 Å². The number of aliphatic carboxylic acids is 1. The molecule has 1 aliphatic rings. The van der Waals surface area contributed by atoms with Gasteiger partial charge in [0.05, 0.1) is 7.11 Å². The maximum Gasteiger partial charge on any atom is 0.319 e.